The van der Waals surface area contributed by atoms with Crippen LogP contribution in [0.3, 0.4) is 0 Å². The second kappa shape index (κ2) is 8.28. The first kappa shape index (κ1) is 17.0. The van der Waals surface area contributed by atoms with Crippen LogP contribution >= 0.6 is 0 Å². The van der Waals surface area contributed by atoms with Crippen LogP contribution in [-0.2, 0) is 0 Å². The fourth-order valence-electron chi connectivity index (χ4n) is 2.08. The van der Waals surface area contributed by atoms with Gasteiger partial charge in [-0.25, -0.2) is 0 Å². The van der Waals surface area contributed by atoms with Gasteiger partial charge in [-0.3, -0.25) is 0 Å². The zero-order chi connectivity index (χ0) is 15.1. The van der Waals surface area contributed by atoms with E-state index >= 15 is 0 Å². The van der Waals surface area contributed by atoms with Crippen molar-refractivity contribution in [1.82, 2.24) is 10.2 Å². The highest BCUT2D eigenvalue weighted by molar-refractivity contribution is 5.29. The van der Waals surface area contributed by atoms with E-state index in [0.717, 1.165) is 18.8 Å². The molecule has 0 aromatic heterocycles. The predicted molar refractivity (Wildman–Crippen MR) is 86.4 cm³/mol. The summed E-state index contributed by atoms with van der Waals surface area (Å²) >= 11 is 0. The van der Waals surface area contributed by atoms with Gasteiger partial charge in [0.05, 0.1) is 6.10 Å². The number of nitrogens with one attached hydrogen (secondary N) is 1. The van der Waals surface area contributed by atoms with Crippen LogP contribution in [0.2, 0.25) is 0 Å². The van der Waals surface area contributed by atoms with E-state index in [-0.39, 0.29) is 6.10 Å². The van der Waals surface area contributed by atoms with Crippen molar-refractivity contribution in [2.24, 2.45) is 0 Å². The Labute approximate surface area is 124 Å². The van der Waals surface area contributed by atoms with Crippen molar-refractivity contribution in [1.29, 1.82) is 0 Å². The highest BCUT2D eigenvalue weighted by atomic mass is 16.5. The number of benzene rings is 1. The van der Waals surface area contributed by atoms with Gasteiger partial charge < -0.3 is 15.0 Å². The van der Waals surface area contributed by atoms with Crippen molar-refractivity contribution in [2.75, 3.05) is 20.1 Å². The fraction of sp³-hybridized carbons (Fsp3) is 0.647. The van der Waals surface area contributed by atoms with Gasteiger partial charge in [-0.2, -0.15) is 0 Å². The minimum Gasteiger partial charge on any atom is -0.491 e. The van der Waals surface area contributed by atoms with Crippen LogP contribution in [-0.4, -0.2) is 37.2 Å². The first-order valence-corrected chi connectivity index (χ1v) is 7.64. The highest BCUT2D eigenvalue weighted by Gasteiger charge is 2.14. The zero-order valence-electron chi connectivity index (χ0n) is 13.8. The summed E-state index contributed by atoms with van der Waals surface area (Å²) in [5.41, 5.74) is 1.32. The smallest absolute Gasteiger partial charge is 0.119 e. The van der Waals surface area contributed by atoms with Crippen molar-refractivity contribution >= 4 is 0 Å². The van der Waals surface area contributed by atoms with Crippen molar-refractivity contribution in [2.45, 2.75) is 52.8 Å². The maximum atomic E-state index is 5.70. The van der Waals surface area contributed by atoms with Gasteiger partial charge in [0.25, 0.3) is 0 Å². The average Bonchev–Trinajstić information content (AvgIpc) is 2.38. The second-order valence-corrected chi connectivity index (χ2v) is 5.88. The van der Waals surface area contributed by atoms with Gasteiger partial charge in [-0.05, 0) is 59.0 Å². The Kier molecular flexibility index (Phi) is 7.03. The molecule has 1 atom stereocenters. The lowest BCUT2D eigenvalue weighted by atomic mass is 10.1. The Hall–Kier alpha value is -1.06. The monoisotopic (exact) mass is 278 g/mol. The molecule has 0 fully saturated rings. The summed E-state index contributed by atoms with van der Waals surface area (Å²) in [6.07, 6.45) is 0.220. The Morgan fingerprint density at radius 1 is 1.10 bits per heavy atom. The number of ether oxygens (including phenoxy) is 1. The zero-order valence-corrected chi connectivity index (χ0v) is 13.8. The molecule has 3 nitrogen and oxygen atoms in total. The first-order valence-electron chi connectivity index (χ1n) is 7.64. The summed E-state index contributed by atoms with van der Waals surface area (Å²) < 4.78 is 5.70. The van der Waals surface area contributed by atoms with Gasteiger partial charge in [0.1, 0.15) is 5.75 Å². The quantitative estimate of drug-likeness (QED) is 0.788. The van der Waals surface area contributed by atoms with Crippen molar-refractivity contribution in [3.8, 4) is 5.75 Å². The van der Waals surface area contributed by atoms with Crippen LogP contribution < -0.4 is 10.1 Å². The van der Waals surface area contributed by atoms with Crippen LogP contribution in [0.5, 0.6) is 5.75 Å². The number of likely N-dealkylation sites (N-methyl/N-ethyl adjacent to an activating group) is 2. The lowest BCUT2D eigenvalue weighted by molar-refractivity contribution is 0.239. The maximum Gasteiger partial charge on any atom is 0.119 e. The minimum absolute atomic E-state index is 0.220. The molecule has 0 spiro atoms. The van der Waals surface area contributed by atoms with E-state index in [0.29, 0.717) is 12.1 Å². The molecule has 0 saturated heterocycles. The van der Waals surface area contributed by atoms with Gasteiger partial charge >= 0.3 is 0 Å². The molecule has 0 bridgehead atoms. The number of nitrogens with zero attached hydrogens (tertiary/aromatic N) is 1. The molecule has 0 aliphatic heterocycles. The summed E-state index contributed by atoms with van der Waals surface area (Å²) in [5, 5.41) is 3.56. The minimum atomic E-state index is 0.220. The van der Waals surface area contributed by atoms with E-state index in [9.17, 15) is 0 Å². The molecule has 0 aliphatic rings. The van der Waals surface area contributed by atoms with Crippen LogP contribution in [0, 0.1) is 0 Å². The SMILES string of the molecule is CCNC(CN(C)C(C)C)c1ccc(OC(C)C)cc1. The number of hydrogen-bond donors (Lipinski definition) is 1. The Balaban J connectivity index is 2.75. The largest absolute Gasteiger partial charge is 0.491 e. The third-order valence-electron chi connectivity index (χ3n) is 3.46. The van der Waals surface area contributed by atoms with Gasteiger partial charge in [0, 0.05) is 18.6 Å². The summed E-state index contributed by atoms with van der Waals surface area (Å²) in [6.45, 7) is 12.7. The Bertz CT molecular complexity index is 373. The Morgan fingerprint density at radius 3 is 2.15 bits per heavy atom. The van der Waals surface area contributed by atoms with Crippen LogP contribution in [0.4, 0.5) is 0 Å². The lowest BCUT2D eigenvalue weighted by Crippen LogP contribution is -2.36. The van der Waals surface area contributed by atoms with Gasteiger partial charge in [0.15, 0.2) is 0 Å². The van der Waals surface area contributed by atoms with E-state index in [2.05, 4.69) is 62.3 Å². The van der Waals surface area contributed by atoms with E-state index in [1.165, 1.54) is 5.56 Å². The molecular formula is C17H30N2O. The lowest BCUT2D eigenvalue weighted by Gasteiger charge is -2.28. The molecule has 20 heavy (non-hydrogen) atoms. The fourth-order valence-corrected chi connectivity index (χ4v) is 2.08. The third-order valence-corrected chi connectivity index (χ3v) is 3.46. The van der Waals surface area contributed by atoms with Crippen molar-refractivity contribution < 1.29 is 4.74 Å². The molecule has 0 heterocycles. The molecular weight excluding hydrogens is 248 g/mol. The molecule has 0 saturated carbocycles. The van der Waals surface area contributed by atoms with Gasteiger partial charge in [0.2, 0.25) is 0 Å². The maximum absolute atomic E-state index is 5.70. The Morgan fingerprint density at radius 2 is 1.70 bits per heavy atom. The molecule has 1 aromatic rings. The summed E-state index contributed by atoms with van der Waals surface area (Å²) in [6, 6.07) is 9.38. The summed E-state index contributed by atoms with van der Waals surface area (Å²) in [5.74, 6) is 0.941. The third kappa shape index (κ3) is 5.51. The van der Waals surface area contributed by atoms with E-state index in [1.54, 1.807) is 0 Å². The predicted octanol–water partition coefficient (Wildman–Crippen LogP) is 3.46. The molecule has 1 rings (SSSR count). The second-order valence-electron chi connectivity index (χ2n) is 5.88. The van der Waals surface area contributed by atoms with E-state index < -0.39 is 0 Å². The molecule has 0 aliphatic carbocycles. The van der Waals surface area contributed by atoms with Crippen molar-refractivity contribution in [3.05, 3.63) is 29.8 Å². The normalized spacial score (nSPS) is 13.2. The average molecular weight is 278 g/mol. The first-order chi connectivity index (χ1) is 9.43. The molecule has 0 radical (unpaired) electrons. The molecule has 0 amide bonds. The number of hydrogen-bond acceptors (Lipinski definition) is 3. The molecule has 3 heteroatoms. The topological polar surface area (TPSA) is 24.5 Å². The summed E-state index contributed by atoms with van der Waals surface area (Å²) in [4.78, 5) is 2.37. The highest BCUT2D eigenvalue weighted by Crippen LogP contribution is 2.20. The molecule has 1 N–H and O–H groups in total. The van der Waals surface area contributed by atoms with Crippen molar-refractivity contribution in [3.63, 3.8) is 0 Å². The summed E-state index contributed by atoms with van der Waals surface area (Å²) in [7, 11) is 2.17. The standard InChI is InChI=1S/C17H30N2O/c1-7-18-17(12-19(6)13(2)3)15-8-10-16(11-9-15)20-14(4)5/h8-11,13-14,17-18H,7,12H2,1-6H3. The number of rotatable bonds is 8. The van der Waals surface area contributed by atoms with E-state index in [4.69, 9.17) is 4.74 Å². The molecule has 1 aromatic carbocycles. The van der Waals surface area contributed by atoms with Gasteiger partial charge in [-0.1, -0.05) is 19.1 Å². The van der Waals surface area contributed by atoms with Gasteiger partial charge in [-0.15, -0.1) is 0 Å². The molecule has 1 unspecified atom stereocenters. The van der Waals surface area contributed by atoms with Crippen LogP contribution in [0.25, 0.3) is 0 Å². The molecule has 114 valence electrons. The van der Waals surface area contributed by atoms with Crippen LogP contribution in [0.15, 0.2) is 24.3 Å². The van der Waals surface area contributed by atoms with E-state index in [1.807, 2.05) is 13.8 Å². The van der Waals surface area contributed by atoms with Crippen LogP contribution in [0.1, 0.15) is 46.2 Å².